The molecule has 5 nitrogen and oxygen atoms in total. The van der Waals surface area contributed by atoms with Gasteiger partial charge in [-0.1, -0.05) is 30.3 Å². The molecule has 1 fully saturated rings. The minimum atomic E-state index is -4.41. The SMILES string of the molecule is Cc1ccc(C(CNC(=O)c2ccccc2-c2ccc(C(F)(F)F)cc2)N2CCOCC2)o1. The molecule has 4 rings (SSSR count). The molecule has 1 amide bonds. The smallest absolute Gasteiger partial charge is 0.416 e. The summed E-state index contributed by atoms with van der Waals surface area (Å²) in [5, 5.41) is 2.99. The van der Waals surface area contributed by atoms with Crippen molar-refractivity contribution in [2.75, 3.05) is 32.8 Å². The highest BCUT2D eigenvalue weighted by molar-refractivity contribution is 6.00. The summed E-state index contributed by atoms with van der Waals surface area (Å²) in [6, 6.07) is 15.4. The molecule has 33 heavy (non-hydrogen) atoms. The number of hydrogen-bond acceptors (Lipinski definition) is 4. The Morgan fingerprint density at radius 2 is 1.73 bits per heavy atom. The first-order chi connectivity index (χ1) is 15.8. The zero-order valence-corrected chi connectivity index (χ0v) is 18.2. The number of alkyl halides is 3. The summed E-state index contributed by atoms with van der Waals surface area (Å²) < 4.78 is 50.0. The molecule has 0 bridgehead atoms. The lowest BCUT2D eigenvalue weighted by molar-refractivity contribution is -0.137. The Morgan fingerprint density at radius 1 is 1.03 bits per heavy atom. The number of morpholine rings is 1. The molecule has 8 heteroatoms. The molecule has 0 radical (unpaired) electrons. The summed E-state index contributed by atoms with van der Waals surface area (Å²) in [4.78, 5) is 15.3. The number of amides is 1. The fourth-order valence-corrected chi connectivity index (χ4v) is 3.99. The molecule has 1 aromatic heterocycles. The third-order valence-electron chi connectivity index (χ3n) is 5.73. The average molecular weight is 458 g/mol. The van der Waals surface area contributed by atoms with E-state index in [0.29, 0.717) is 36.4 Å². The Hall–Kier alpha value is -3.10. The van der Waals surface area contributed by atoms with E-state index in [0.717, 1.165) is 36.7 Å². The summed E-state index contributed by atoms with van der Waals surface area (Å²) in [6.45, 7) is 4.87. The number of carbonyl (C=O) groups excluding carboxylic acids is 1. The zero-order valence-electron chi connectivity index (χ0n) is 18.2. The van der Waals surface area contributed by atoms with Gasteiger partial charge in [0.1, 0.15) is 11.5 Å². The van der Waals surface area contributed by atoms with Crippen LogP contribution in [0.15, 0.2) is 65.1 Å². The minimum absolute atomic E-state index is 0.148. The molecule has 1 N–H and O–H groups in total. The van der Waals surface area contributed by atoms with E-state index in [4.69, 9.17) is 9.15 Å². The standard InChI is InChI=1S/C25H25F3N2O3/c1-17-6-11-23(33-17)22(30-12-14-32-15-13-30)16-29-24(31)21-5-3-2-4-20(21)18-7-9-19(10-8-18)25(26,27)28/h2-11,22H,12-16H2,1H3,(H,29,31). The lowest BCUT2D eigenvalue weighted by Crippen LogP contribution is -2.43. The molecule has 2 aromatic carbocycles. The van der Waals surface area contributed by atoms with E-state index in [1.165, 1.54) is 12.1 Å². The molecule has 174 valence electrons. The van der Waals surface area contributed by atoms with E-state index < -0.39 is 11.7 Å². The number of hydrogen-bond donors (Lipinski definition) is 1. The molecule has 0 saturated carbocycles. The van der Waals surface area contributed by atoms with Crippen molar-refractivity contribution in [3.63, 3.8) is 0 Å². The van der Waals surface area contributed by atoms with Gasteiger partial charge >= 0.3 is 6.18 Å². The van der Waals surface area contributed by atoms with E-state index in [-0.39, 0.29) is 11.9 Å². The molecule has 1 unspecified atom stereocenters. The minimum Gasteiger partial charge on any atom is -0.465 e. The predicted molar refractivity (Wildman–Crippen MR) is 118 cm³/mol. The van der Waals surface area contributed by atoms with Gasteiger partial charge in [0.25, 0.3) is 5.91 Å². The van der Waals surface area contributed by atoms with Crippen molar-refractivity contribution in [1.82, 2.24) is 10.2 Å². The number of aryl methyl sites for hydroxylation is 1. The molecular weight excluding hydrogens is 433 g/mol. The van der Waals surface area contributed by atoms with Crippen LogP contribution in [0.4, 0.5) is 13.2 Å². The Balaban J connectivity index is 1.53. The highest BCUT2D eigenvalue weighted by Crippen LogP contribution is 2.32. The molecule has 1 saturated heterocycles. The van der Waals surface area contributed by atoms with Crippen LogP contribution >= 0.6 is 0 Å². The van der Waals surface area contributed by atoms with Crippen molar-refractivity contribution in [3.8, 4) is 11.1 Å². The van der Waals surface area contributed by atoms with Crippen molar-refractivity contribution in [2.45, 2.75) is 19.1 Å². The normalized spacial score (nSPS) is 15.9. The number of rotatable bonds is 6. The van der Waals surface area contributed by atoms with E-state index in [1.54, 1.807) is 24.3 Å². The van der Waals surface area contributed by atoms with Crippen LogP contribution in [0.5, 0.6) is 0 Å². The number of carbonyl (C=O) groups is 1. The monoisotopic (exact) mass is 458 g/mol. The summed E-state index contributed by atoms with van der Waals surface area (Å²) in [6.07, 6.45) is -4.41. The number of halogens is 3. The van der Waals surface area contributed by atoms with E-state index in [9.17, 15) is 18.0 Å². The molecule has 0 aliphatic carbocycles. The fraction of sp³-hybridized carbons (Fsp3) is 0.320. The van der Waals surface area contributed by atoms with Crippen LogP contribution in [0, 0.1) is 6.92 Å². The average Bonchev–Trinajstić information content (AvgIpc) is 3.25. The quantitative estimate of drug-likeness (QED) is 0.560. The topological polar surface area (TPSA) is 54.7 Å². The predicted octanol–water partition coefficient (Wildman–Crippen LogP) is 5.08. The van der Waals surface area contributed by atoms with Crippen LogP contribution in [0.25, 0.3) is 11.1 Å². The molecule has 1 aliphatic heterocycles. The number of ether oxygens (including phenoxy) is 1. The largest absolute Gasteiger partial charge is 0.465 e. The third kappa shape index (κ3) is 5.46. The maximum absolute atomic E-state index is 13.1. The van der Waals surface area contributed by atoms with Gasteiger partial charge in [-0.25, -0.2) is 0 Å². The molecule has 3 aromatic rings. The van der Waals surface area contributed by atoms with Gasteiger partial charge in [0.2, 0.25) is 0 Å². The van der Waals surface area contributed by atoms with Crippen LogP contribution in [-0.4, -0.2) is 43.7 Å². The maximum Gasteiger partial charge on any atom is 0.416 e. The molecular formula is C25H25F3N2O3. The van der Waals surface area contributed by atoms with Crippen molar-refractivity contribution in [2.24, 2.45) is 0 Å². The lowest BCUT2D eigenvalue weighted by atomic mass is 9.98. The summed E-state index contributed by atoms with van der Waals surface area (Å²) in [5.41, 5.74) is 0.782. The van der Waals surface area contributed by atoms with Crippen LogP contribution in [0.2, 0.25) is 0 Å². The van der Waals surface area contributed by atoms with Crippen molar-refractivity contribution < 1.29 is 27.1 Å². The van der Waals surface area contributed by atoms with Crippen molar-refractivity contribution >= 4 is 5.91 Å². The highest BCUT2D eigenvalue weighted by Gasteiger charge is 2.30. The first kappa shape index (κ1) is 23.1. The highest BCUT2D eigenvalue weighted by atomic mass is 19.4. The molecule has 1 atom stereocenters. The molecule has 1 aliphatic rings. The Bertz CT molecular complexity index is 1090. The fourth-order valence-electron chi connectivity index (χ4n) is 3.99. The number of nitrogens with zero attached hydrogens (tertiary/aromatic N) is 1. The van der Waals surface area contributed by atoms with Gasteiger partial charge in [-0.3, -0.25) is 9.69 Å². The van der Waals surface area contributed by atoms with Crippen LogP contribution in [0.1, 0.15) is 33.5 Å². The Labute approximate surface area is 190 Å². The number of benzene rings is 2. The first-order valence-corrected chi connectivity index (χ1v) is 10.8. The van der Waals surface area contributed by atoms with Crippen LogP contribution in [-0.2, 0) is 10.9 Å². The Morgan fingerprint density at radius 3 is 2.36 bits per heavy atom. The van der Waals surface area contributed by atoms with Gasteiger partial charge in [-0.05, 0) is 48.4 Å². The Kier molecular flexibility index (Phi) is 6.85. The molecule has 0 spiro atoms. The number of furan rings is 1. The lowest BCUT2D eigenvalue weighted by Gasteiger charge is -2.33. The van der Waals surface area contributed by atoms with Crippen LogP contribution < -0.4 is 5.32 Å². The summed E-state index contributed by atoms with van der Waals surface area (Å²) in [5.74, 6) is 1.26. The van der Waals surface area contributed by atoms with Crippen molar-refractivity contribution in [3.05, 3.63) is 83.3 Å². The van der Waals surface area contributed by atoms with Gasteiger partial charge in [-0.2, -0.15) is 13.2 Å². The second-order valence-corrected chi connectivity index (χ2v) is 7.94. The van der Waals surface area contributed by atoms with Gasteiger partial charge in [-0.15, -0.1) is 0 Å². The van der Waals surface area contributed by atoms with E-state index in [1.807, 2.05) is 19.1 Å². The van der Waals surface area contributed by atoms with Gasteiger partial charge in [0.15, 0.2) is 0 Å². The zero-order chi connectivity index (χ0) is 23.4. The van der Waals surface area contributed by atoms with E-state index >= 15 is 0 Å². The molecule has 2 heterocycles. The maximum atomic E-state index is 13.1. The van der Waals surface area contributed by atoms with Gasteiger partial charge < -0.3 is 14.5 Å². The first-order valence-electron chi connectivity index (χ1n) is 10.8. The van der Waals surface area contributed by atoms with Gasteiger partial charge in [0.05, 0.1) is 24.8 Å². The second-order valence-electron chi connectivity index (χ2n) is 7.94. The summed E-state index contributed by atoms with van der Waals surface area (Å²) in [7, 11) is 0. The van der Waals surface area contributed by atoms with Crippen LogP contribution in [0.3, 0.4) is 0 Å². The third-order valence-corrected chi connectivity index (χ3v) is 5.73. The van der Waals surface area contributed by atoms with Gasteiger partial charge in [0, 0.05) is 25.2 Å². The van der Waals surface area contributed by atoms with E-state index in [2.05, 4.69) is 10.2 Å². The summed E-state index contributed by atoms with van der Waals surface area (Å²) >= 11 is 0. The second kappa shape index (κ2) is 9.80. The van der Waals surface area contributed by atoms with Crippen molar-refractivity contribution in [1.29, 1.82) is 0 Å². The number of nitrogens with one attached hydrogen (secondary N) is 1.